The molecule has 0 bridgehead atoms. The van der Waals surface area contributed by atoms with Gasteiger partial charge in [-0.25, -0.2) is 0 Å². The van der Waals surface area contributed by atoms with Crippen molar-refractivity contribution in [2.75, 3.05) is 19.1 Å². The number of methoxy groups -OCH3 is 1. The van der Waals surface area contributed by atoms with Gasteiger partial charge in [-0.3, -0.25) is 9.59 Å². The van der Waals surface area contributed by atoms with E-state index < -0.39 is 6.04 Å². The van der Waals surface area contributed by atoms with E-state index in [1.807, 2.05) is 25.3 Å². The maximum Gasteiger partial charge on any atom is 0.255 e. The van der Waals surface area contributed by atoms with Crippen LogP contribution < -0.4 is 15.4 Å². The van der Waals surface area contributed by atoms with E-state index in [1.54, 1.807) is 36.0 Å². The third kappa shape index (κ3) is 7.69. The Morgan fingerprint density at radius 2 is 1.77 bits per heavy atom. The molecule has 2 aromatic carbocycles. The highest BCUT2D eigenvalue weighted by Gasteiger charge is 2.23. The van der Waals surface area contributed by atoms with Gasteiger partial charge in [0, 0.05) is 10.5 Å². The smallest absolute Gasteiger partial charge is 0.255 e. The number of carbonyl (C=O) groups excluding carboxylic acids is 2. The van der Waals surface area contributed by atoms with Gasteiger partial charge in [0.15, 0.2) is 0 Å². The van der Waals surface area contributed by atoms with Crippen LogP contribution in [-0.2, 0) is 11.2 Å². The molecule has 7 heteroatoms. The molecule has 30 heavy (non-hydrogen) atoms. The first kappa shape index (κ1) is 24.3. The number of hydrogen-bond donors (Lipinski definition) is 2. The standard InChI is InChI=1S/C23H29BrN2O3S/c1-16(8-9-17-10-12-18(24)13-11-17)25-23(28)20(14-15-30-3)26-22(27)19-6-4-5-7-21(19)29-2/h4-7,10-13,16,20H,8-9,14-15H2,1-3H3,(H,25,28)(H,26,27). The number of halogens is 1. The summed E-state index contributed by atoms with van der Waals surface area (Å²) in [5, 5.41) is 5.93. The summed E-state index contributed by atoms with van der Waals surface area (Å²) < 4.78 is 6.32. The molecule has 0 saturated carbocycles. The van der Waals surface area contributed by atoms with Crippen LogP contribution in [0.25, 0.3) is 0 Å². The van der Waals surface area contributed by atoms with Crippen molar-refractivity contribution in [2.24, 2.45) is 0 Å². The Kier molecular flexibility index (Phi) is 10.2. The molecule has 0 spiro atoms. The summed E-state index contributed by atoms with van der Waals surface area (Å²) in [6.45, 7) is 1.99. The lowest BCUT2D eigenvalue weighted by molar-refractivity contribution is -0.123. The molecule has 0 aliphatic carbocycles. The van der Waals surface area contributed by atoms with Gasteiger partial charge in [-0.2, -0.15) is 11.8 Å². The van der Waals surface area contributed by atoms with Crippen molar-refractivity contribution < 1.29 is 14.3 Å². The minimum atomic E-state index is -0.593. The monoisotopic (exact) mass is 492 g/mol. The molecule has 2 aromatic rings. The van der Waals surface area contributed by atoms with Gasteiger partial charge < -0.3 is 15.4 Å². The first-order valence-electron chi connectivity index (χ1n) is 9.92. The average molecular weight is 493 g/mol. The van der Waals surface area contributed by atoms with E-state index in [2.05, 4.69) is 38.7 Å². The van der Waals surface area contributed by atoms with E-state index in [1.165, 1.54) is 12.7 Å². The Labute approximate surface area is 191 Å². The third-order valence-corrected chi connectivity index (χ3v) is 5.92. The second-order valence-electron chi connectivity index (χ2n) is 7.08. The number of para-hydroxylation sites is 1. The van der Waals surface area contributed by atoms with Gasteiger partial charge in [-0.15, -0.1) is 0 Å². The Morgan fingerprint density at radius 1 is 1.07 bits per heavy atom. The number of carbonyl (C=O) groups is 2. The normalized spacial score (nSPS) is 12.7. The molecule has 0 aliphatic rings. The SMILES string of the molecule is COc1ccccc1C(=O)NC(CCSC)C(=O)NC(C)CCc1ccc(Br)cc1. The number of ether oxygens (including phenoxy) is 1. The summed E-state index contributed by atoms with van der Waals surface area (Å²) in [5.41, 5.74) is 1.65. The fourth-order valence-corrected chi connectivity index (χ4v) is 3.76. The van der Waals surface area contributed by atoms with Gasteiger partial charge in [-0.1, -0.05) is 40.2 Å². The quantitative estimate of drug-likeness (QED) is 0.486. The zero-order valence-corrected chi connectivity index (χ0v) is 20.0. The lowest BCUT2D eigenvalue weighted by atomic mass is 10.1. The number of amides is 2. The molecule has 2 unspecified atom stereocenters. The van der Waals surface area contributed by atoms with Gasteiger partial charge in [0.2, 0.25) is 5.91 Å². The van der Waals surface area contributed by atoms with Crippen molar-refractivity contribution in [1.29, 1.82) is 0 Å². The Balaban J connectivity index is 1.96. The summed E-state index contributed by atoms with van der Waals surface area (Å²) in [7, 11) is 1.52. The van der Waals surface area contributed by atoms with Crippen molar-refractivity contribution in [1.82, 2.24) is 10.6 Å². The van der Waals surface area contributed by atoms with Crippen molar-refractivity contribution in [3.05, 3.63) is 64.1 Å². The molecule has 5 nitrogen and oxygen atoms in total. The van der Waals surface area contributed by atoms with E-state index in [-0.39, 0.29) is 17.9 Å². The van der Waals surface area contributed by atoms with E-state index in [4.69, 9.17) is 4.74 Å². The van der Waals surface area contributed by atoms with Crippen LogP contribution in [0.15, 0.2) is 53.0 Å². The lowest BCUT2D eigenvalue weighted by Gasteiger charge is -2.22. The van der Waals surface area contributed by atoms with Crippen LogP contribution in [0.3, 0.4) is 0 Å². The highest BCUT2D eigenvalue weighted by molar-refractivity contribution is 9.10. The molecule has 162 valence electrons. The van der Waals surface area contributed by atoms with Crippen LogP contribution in [0, 0.1) is 0 Å². The zero-order chi connectivity index (χ0) is 21.9. The van der Waals surface area contributed by atoms with Crippen LogP contribution in [0.5, 0.6) is 5.75 Å². The van der Waals surface area contributed by atoms with Crippen LogP contribution in [0.1, 0.15) is 35.7 Å². The maximum absolute atomic E-state index is 12.9. The topological polar surface area (TPSA) is 67.4 Å². The number of aryl methyl sites for hydroxylation is 1. The number of nitrogens with one attached hydrogen (secondary N) is 2. The van der Waals surface area contributed by atoms with Crippen molar-refractivity contribution in [3.8, 4) is 5.75 Å². The number of hydrogen-bond acceptors (Lipinski definition) is 4. The van der Waals surface area contributed by atoms with Crippen LogP contribution >= 0.6 is 27.7 Å². The number of thioether (sulfide) groups is 1. The maximum atomic E-state index is 12.9. The predicted octanol–water partition coefficient (Wildman–Crippen LogP) is 4.45. The minimum absolute atomic E-state index is 0.00101. The third-order valence-electron chi connectivity index (χ3n) is 4.75. The second-order valence-corrected chi connectivity index (χ2v) is 8.98. The molecule has 2 amide bonds. The van der Waals surface area contributed by atoms with Gasteiger partial charge in [0.25, 0.3) is 5.91 Å². The van der Waals surface area contributed by atoms with Crippen LogP contribution in [0.4, 0.5) is 0 Å². The first-order chi connectivity index (χ1) is 14.4. The minimum Gasteiger partial charge on any atom is -0.496 e. The van der Waals surface area contributed by atoms with E-state index >= 15 is 0 Å². The van der Waals surface area contributed by atoms with Gasteiger partial charge in [0.05, 0.1) is 12.7 Å². The summed E-state index contributed by atoms with van der Waals surface area (Å²) in [6, 6.07) is 14.6. The highest BCUT2D eigenvalue weighted by atomic mass is 79.9. The van der Waals surface area contributed by atoms with Gasteiger partial charge in [0.1, 0.15) is 11.8 Å². The summed E-state index contributed by atoms with van der Waals surface area (Å²) in [5.74, 6) is 0.797. The van der Waals surface area contributed by atoms with Gasteiger partial charge in [-0.05, 0) is 68.0 Å². The van der Waals surface area contributed by atoms with Gasteiger partial charge >= 0.3 is 0 Å². The van der Waals surface area contributed by atoms with E-state index in [0.717, 1.165) is 23.1 Å². The molecule has 0 heterocycles. The van der Waals surface area contributed by atoms with Crippen molar-refractivity contribution in [2.45, 2.75) is 38.3 Å². The fourth-order valence-electron chi connectivity index (χ4n) is 3.02. The molecular formula is C23H29BrN2O3S. The largest absolute Gasteiger partial charge is 0.496 e. The molecule has 0 aliphatic heterocycles. The Bertz CT molecular complexity index is 829. The summed E-state index contributed by atoms with van der Waals surface area (Å²) in [6.07, 6.45) is 4.24. The van der Waals surface area contributed by atoms with Crippen molar-refractivity contribution >= 4 is 39.5 Å². The van der Waals surface area contributed by atoms with E-state index in [9.17, 15) is 9.59 Å². The molecule has 0 radical (unpaired) electrons. The zero-order valence-electron chi connectivity index (χ0n) is 17.6. The van der Waals surface area contributed by atoms with E-state index in [0.29, 0.717) is 17.7 Å². The van der Waals surface area contributed by atoms with Crippen molar-refractivity contribution in [3.63, 3.8) is 0 Å². The molecule has 0 fully saturated rings. The number of rotatable bonds is 11. The highest BCUT2D eigenvalue weighted by Crippen LogP contribution is 2.17. The Hall–Kier alpha value is -1.99. The average Bonchev–Trinajstić information content (AvgIpc) is 2.75. The first-order valence-corrected chi connectivity index (χ1v) is 12.1. The second kappa shape index (κ2) is 12.6. The molecule has 2 atom stereocenters. The van der Waals surface area contributed by atoms with Crippen LogP contribution in [0.2, 0.25) is 0 Å². The fraction of sp³-hybridized carbons (Fsp3) is 0.391. The molecule has 2 rings (SSSR count). The number of benzene rings is 2. The lowest BCUT2D eigenvalue weighted by Crippen LogP contribution is -2.49. The molecule has 2 N–H and O–H groups in total. The summed E-state index contributed by atoms with van der Waals surface area (Å²) in [4.78, 5) is 25.6. The molecule has 0 aromatic heterocycles. The van der Waals surface area contributed by atoms with Crippen LogP contribution in [-0.4, -0.2) is 43.0 Å². The Morgan fingerprint density at radius 3 is 2.43 bits per heavy atom. The predicted molar refractivity (Wildman–Crippen MR) is 127 cm³/mol. The molecule has 0 saturated heterocycles. The summed E-state index contributed by atoms with van der Waals surface area (Å²) >= 11 is 5.08. The molecular weight excluding hydrogens is 464 g/mol.